The van der Waals surface area contributed by atoms with E-state index in [4.69, 9.17) is 11.6 Å². The Morgan fingerprint density at radius 2 is 2.21 bits per heavy atom. The molecule has 0 aliphatic carbocycles. The van der Waals surface area contributed by atoms with Crippen LogP contribution in [0.5, 0.6) is 0 Å². The molecule has 0 radical (unpaired) electrons. The largest absolute Gasteiger partial charge is 0.367 e. The molecule has 1 heterocycles. The molecule has 0 saturated carbocycles. The highest BCUT2D eigenvalue weighted by molar-refractivity contribution is 6.29. The fraction of sp³-hybridized carbons (Fsp3) is 0.556. The van der Waals surface area contributed by atoms with Crippen molar-refractivity contribution in [2.24, 2.45) is 0 Å². The zero-order valence-electron chi connectivity index (χ0n) is 8.50. The first-order valence-electron chi connectivity index (χ1n) is 4.64. The first-order chi connectivity index (χ1) is 6.72. The monoisotopic (exact) mass is 214 g/mol. The van der Waals surface area contributed by atoms with Gasteiger partial charge in [-0.05, 0) is 25.7 Å². The zero-order valence-corrected chi connectivity index (χ0v) is 9.25. The van der Waals surface area contributed by atoms with Crippen LogP contribution < -0.4 is 5.32 Å². The van der Waals surface area contributed by atoms with Crippen molar-refractivity contribution in [3.63, 3.8) is 0 Å². The van der Waals surface area contributed by atoms with Crippen molar-refractivity contribution < 1.29 is 0 Å². The van der Waals surface area contributed by atoms with Crippen LogP contribution in [-0.2, 0) is 0 Å². The Hall–Kier alpha value is -0.870. The molecule has 1 rings (SSSR count). The number of aromatic nitrogens is 2. The predicted octanol–water partition coefficient (Wildman–Crippen LogP) is 1.49. The predicted molar refractivity (Wildman–Crippen MR) is 58.7 cm³/mol. The van der Waals surface area contributed by atoms with Gasteiger partial charge in [0, 0.05) is 13.1 Å². The lowest BCUT2D eigenvalue weighted by Gasteiger charge is -2.13. The first-order valence-corrected chi connectivity index (χ1v) is 5.02. The summed E-state index contributed by atoms with van der Waals surface area (Å²) in [5.74, 6) is 0.763. The van der Waals surface area contributed by atoms with Crippen LogP contribution in [0.1, 0.15) is 6.92 Å². The summed E-state index contributed by atoms with van der Waals surface area (Å²) in [7, 11) is 2.08. The molecule has 0 fully saturated rings. The minimum absolute atomic E-state index is 0.418. The second-order valence-corrected chi connectivity index (χ2v) is 3.45. The highest BCUT2D eigenvalue weighted by atomic mass is 35.5. The molecule has 0 aromatic carbocycles. The Balaban J connectivity index is 2.28. The molecular formula is C9H15ClN4. The maximum absolute atomic E-state index is 5.61. The number of anilines is 1. The van der Waals surface area contributed by atoms with Crippen molar-refractivity contribution in [2.75, 3.05) is 32.0 Å². The van der Waals surface area contributed by atoms with E-state index in [1.165, 1.54) is 0 Å². The Morgan fingerprint density at radius 3 is 2.79 bits per heavy atom. The van der Waals surface area contributed by atoms with Gasteiger partial charge in [0.1, 0.15) is 5.82 Å². The van der Waals surface area contributed by atoms with E-state index in [2.05, 4.69) is 34.4 Å². The van der Waals surface area contributed by atoms with E-state index >= 15 is 0 Å². The van der Waals surface area contributed by atoms with Crippen molar-refractivity contribution in [2.45, 2.75) is 6.92 Å². The van der Waals surface area contributed by atoms with Gasteiger partial charge < -0.3 is 10.2 Å². The lowest BCUT2D eigenvalue weighted by Crippen LogP contribution is -2.24. The molecule has 5 heteroatoms. The van der Waals surface area contributed by atoms with Crippen molar-refractivity contribution >= 4 is 17.4 Å². The Kier molecular flexibility index (Phi) is 4.62. The molecule has 0 bridgehead atoms. The molecule has 14 heavy (non-hydrogen) atoms. The smallest absolute Gasteiger partial charge is 0.151 e. The molecule has 1 aromatic rings. The number of nitrogens with one attached hydrogen (secondary N) is 1. The van der Waals surface area contributed by atoms with Crippen LogP contribution in [0.2, 0.25) is 5.15 Å². The molecule has 0 aliphatic heterocycles. The molecule has 1 N–H and O–H groups in total. The fourth-order valence-corrected chi connectivity index (χ4v) is 1.04. The number of hydrogen-bond donors (Lipinski definition) is 1. The summed E-state index contributed by atoms with van der Waals surface area (Å²) in [6.07, 6.45) is 0. The third-order valence-corrected chi connectivity index (χ3v) is 2.17. The number of hydrogen-bond acceptors (Lipinski definition) is 4. The van der Waals surface area contributed by atoms with E-state index in [0.717, 1.165) is 25.5 Å². The van der Waals surface area contributed by atoms with E-state index in [-0.39, 0.29) is 0 Å². The van der Waals surface area contributed by atoms with Gasteiger partial charge >= 0.3 is 0 Å². The Bertz CT molecular complexity index is 262. The molecule has 1 aromatic heterocycles. The van der Waals surface area contributed by atoms with Gasteiger partial charge in [-0.2, -0.15) is 0 Å². The quantitative estimate of drug-likeness (QED) is 0.807. The van der Waals surface area contributed by atoms with Crippen molar-refractivity contribution in [3.05, 3.63) is 17.3 Å². The highest BCUT2D eigenvalue weighted by Gasteiger charge is 1.96. The molecule has 4 nitrogen and oxygen atoms in total. The van der Waals surface area contributed by atoms with Gasteiger partial charge in [0.25, 0.3) is 0 Å². The van der Waals surface area contributed by atoms with Crippen LogP contribution in [0.15, 0.2) is 12.1 Å². The maximum Gasteiger partial charge on any atom is 0.151 e. The average molecular weight is 215 g/mol. The average Bonchev–Trinajstić information content (AvgIpc) is 2.21. The van der Waals surface area contributed by atoms with Gasteiger partial charge in [-0.25, -0.2) is 0 Å². The van der Waals surface area contributed by atoms with Crippen LogP contribution in [-0.4, -0.2) is 41.8 Å². The van der Waals surface area contributed by atoms with Gasteiger partial charge in [-0.1, -0.05) is 18.5 Å². The highest BCUT2D eigenvalue weighted by Crippen LogP contribution is 2.05. The van der Waals surface area contributed by atoms with Crippen LogP contribution >= 0.6 is 11.6 Å². The fourth-order valence-electron chi connectivity index (χ4n) is 0.943. The van der Waals surface area contributed by atoms with E-state index in [0.29, 0.717) is 5.15 Å². The third kappa shape index (κ3) is 3.89. The second kappa shape index (κ2) is 5.78. The first kappa shape index (κ1) is 11.2. The van der Waals surface area contributed by atoms with Crippen LogP contribution in [0.4, 0.5) is 5.82 Å². The molecule has 0 atom stereocenters. The molecular weight excluding hydrogens is 200 g/mol. The standard InChI is InChI=1S/C9H15ClN4/c1-3-14(2)7-6-11-9-5-4-8(10)12-13-9/h4-5H,3,6-7H2,1-2H3,(H,11,13). The molecule has 0 amide bonds. The van der Waals surface area contributed by atoms with Gasteiger partial charge in [-0.15, -0.1) is 10.2 Å². The van der Waals surface area contributed by atoms with E-state index in [1.807, 2.05) is 6.07 Å². The van der Waals surface area contributed by atoms with Crippen LogP contribution in [0.25, 0.3) is 0 Å². The minimum atomic E-state index is 0.418. The second-order valence-electron chi connectivity index (χ2n) is 3.06. The zero-order chi connectivity index (χ0) is 10.4. The van der Waals surface area contributed by atoms with Gasteiger partial charge in [-0.3, -0.25) is 0 Å². The van der Waals surface area contributed by atoms with Crippen LogP contribution in [0.3, 0.4) is 0 Å². The Labute approximate surface area is 89.3 Å². The van der Waals surface area contributed by atoms with E-state index in [1.54, 1.807) is 6.07 Å². The molecule has 0 unspecified atom stereocenters. The summed E-state index contributed by atoms with van der Waals surface area (Å²) in [6.45, 7) is 5.03. The van der Waals surface area contributed by atoms with Crippen molar-refractivity contribution in [1.82, 2.24) is 15.1 Å². The SMILES string of the molecule is CCN(C)CCNc1ccc(Cl)nn1. The van der Waals surface area contributed by atoms with Gasteiger partial charge in [0.05, 0.1) is 0 Å². The molecule has 0 saturated heterocycles. The van der Waals surface area contributed by atoms with E-state index < -0.39 is 0 Å². The maximum atomic E-state index is 5.61. The Morgan fingerprint density at radius 1 is 1.43 bits per heavy atom. The number of rotatable bonds is 5. The van der Waals surface area contributed by atoms with Crippen LogP contribution in [0, 0.1) is 0 Å². The number of nitrogens with zero attached hydrogens (tertiary/aromatic N) is 3. The van der Waals surface area contributed by atoms with E-state index in [9.17, 15) is 0 Å². The summed E-state index contributed by atoms with van der Waals surface area (Å²) in [6, 6.07) is 3.54. The minimum Gasteiger partial charge on any atom is -0.367 e. The topological polar surface area (TPSA) is 41.0 Å². The number of likely N-dealkylation sites (N-methyl/N-ethyl adjacent to an activating group) is 1. The summed E-state index contributed by atoms with van der Waals surface area (Å²) in [5.41, 5.74) is 0. The molecule has 78 valence electrons. The summed E-state index contributed by atoms with van der Waals surface area (Å²) < 4.78 is 0. The summed E-state index contributed by atoms with van der Waals surface area (Å²) in [5, 5.41) is 11.2. The summed E-state index contributed by atoms with van der Waals surface area (Å²) >= 11 is 5.61. The molecule has 0 aliphatic rings. The lowest BCUT2D eigenvalue weighted by atomic mass is 10.5. The molecule has 0 spiro atoms. The summed E-state index contributed by atoms with van der Waals surface area (Å²) in [4.78, 5) is 2.22. The number of halogens is 1. The lowest BCUT2D eigenvalue weighted by molar-refractivity contribution is 0.367. The third-order valence-electron chi connectivity index (χ3n) is 1.97. The normalized spacial score (nSPS) is 10.6. The van der Waals surface area contributed by atoms with Crippen molar-refractivity contribution in [1.29, 1.82) is 0 Å². The van der Waals surface area contributed by atoms with Crippen molar-refractivity contribution in [3.8, 4) is 0 Å². The van der Waals surface area contributed by atoms with Gasteiger partial charge in [0.2, 0.25) is 0 Å². The van der Waals surface area contributed by atoms with Gasteiger partial charge in [0.15, 0.2) is 5.15 Å².